The fourth-order valence-corrected chi connectivity index (χ4v) is 2.62. The molecule has 1 heterocycles. The van der Waals surface area contributed by atoms with Gasteiger partial charge in [-0.25, -0.2) is 4.98 Å². The Bertz CT molecular complexity index is 903. The monoisotopic (exact) mass is 302 g/mol. The van der Waals surface area contributed by atoms with Gasteiger partial charge in [0.1, 0.15) is 11.6 Å². The molecule has 0 amide bonds. The quantitative estimate of drug-likeness (QED) is 0.693. The highest BCUT2D eigenvalue weighted by Crippen LogP contribution is 2.27. The van der Waals surface area contributed by atoms with Crippen molar-refractivity contribution in [3.63, 3.8) is 0 Å². The first-order valence-corrected chi connectivity index (χ1v) is 7.41. The van der Waals surface area contributed by atoms with Gasteiger partial charge in [0.15, 0.2) is 0 Å². The second-order valence-corrected chi connectivity index (χ2v) is 5.24. The fraction of sp³-hybridized carbons (Fsp3) is 0.0500. The van der Waals surface area contributed by atoms with Crippen LogP contribution in [0.4, 0.5) is 0 Å². The van der Waals surface area contributed by atoms with E-state index in [0.717, 1.165) is 28.0 Å². The van der Waals surface area contributed by atoms with Crippen molar-refractivity contribution in [1.82, 2.24) is 9.55 Å². The number of nitrogens with zero attached hydrogens (tertiary/aromatic N) is 2. The normalized spacial score (nSPS) is 11.6. The number of aromatic hydroxyl groups is 1. The van der Waals surface area contributed by atoms with E-state index in [2.05, 4.69) is 17.7 Å². The largest absolute Gasteiger partial charge is 0.508 e. The molecule has 0 aliphatic rings. The zero-order valence-electron chi connectivity index (χ0n) is 12.8. The summed E-state index contributed by atoms with van der Waals surface area (Å²) >= 11 is 0. The molecule has 0 aliphatic carbocycles. The van der Waals surface area contributed by atoms with E-state index in [1.165, 1.54) is 0 Å². The molecular formula is C20H18N2O. The van der Waals surface area contributed by atoms with Crippen LogP contribution in [0.15, 0.2) is 85.5 Å². The lowest BCUT2D eigenvalue weighted by Gasteiger charge is -2.10. The van der Waals surface area contributed by atoms with Crippen LogP contribution in [-0.2, 0) is 6.54 Å². The summed E-state index contributed by atoms with van der Waals surface area (Å²) in [7, 11) is 0. The number of phenolic OH excluding ortho intramolecular Hbond substituents is 1. The lowest BCUT2D eigenvalue weighted by Crippen LogP contribution is -2.02. The van der Waals surface area contributed by atoms with Crippen molar-refractivity contribution in [2.45, 2.75) is 6.54 Å². The summed E-state index contributed by atoms with van der Waals surface area (Å²) < 4.78 is 2.13. The number of hydrogen-bond donors (Lipinski definition) is 1. The second kappa shape index (κ2) is 6.36. The first-order chi connectivity index (χ1) is 11.2. The van der Waals surface area contributed by atoms with Crippen LogP contribution in [0.1, 0.15) is 0 Å². The summed E-state index contributed by atoms with van der Waals surface area (Å²) in [6.45, 7) is 8.26. The van der Waals surface area contributed by atoms with E-state index in [1.54, 1.807) is 18.2 Å². The van der Waals surface area contributed by atoms with Gasteiger partial charge in [0.05, 0.1) is 11.0 Å². The Hall–Kier alpha value is -3.07. The van der Waals surface area contributed by atoms with Crippen LogP contribution in [0.2, 0.25) is 0 Å². The van der Waals surface area contributed by atoms with Crippen molar-refractivity contribution in [1.29, 1.82) is 0 Å². The van der Waals surface area contributed by atoms with E-state index in [1.807, 2.05) is 48.6 Å². The summed E-state index contributed by atoms with van der Waals surface area (Å²) in [5.74, 6) is 1.05. The molecule has 3 rings (SSSR count). The highest BCUT2D eigenvalue weighted by molar-refractivity contribution is 5.81. The third-order valence-electron chi connectivity index (χ3n) is 3.69. The zero-order chi connectivity index (χ0) is 16.2. The molecule has 0 unspecified atom stereocenters. The maximum atomic E-state index is 9.77. The van der Waals surface area contributed by atoms with Gasteiger partial charge in [0.2, 0.25) is 0 Å². The number of allylic oxidation sites excluding steroid dienone is 4. The van der Waals surface area contributed by atoms with Crippen LogP contribution in [0.3, 0.4) is 0 Å². The first kappa shape index (κ1) is 14.9. The molecule has 0 saturated heterocycles. The molecule has 1 N–H and O–H groups in total. The lowest BCUT2D eigenvalue weighted by atomic mass is 10.2. The number of aromatic nitrogens is 2. The van der Waals surface area contributed by atoms with Crippen LogP contribution in [0, 0.1) is 0 Å². The summed E-state index contributed by atoms with van der Waals surface area (Å²) in [6.07, 6.45) is 5.51. The third-order valence-corrected chi connectivity index (χ3v) is 3.69. The number of phenols is 1. The summed E-state index contributed by atoms with van der Waals surface area (Å²) in [5, 5.41) is 9.77. The van der Waals surface area contributed by atoms with Crippen LogP contribution in [-0.4, -0.2) is 14.7 Å². The van der Waals surface area contributed by atoms with E-state index >= 15 is 0 Å². The van der Waals surface area contributed by atoms with Gasteiger partial charge in [0.25, 0.3) is 0 Å². The molecule has 3 heteroatoms. The van der Waals surface area contributed by atoms with E-state index in [4.69, 9.17) is 4.98 Å². The SMILES string of the molecule is C=C/C=C(\C=C)Cn1c(-c2cccc(O)c2)nc2ccccc21. The smallest absolute Gasteiger partial charge is 0.141 e. The molecular weight excluding hydrogens is 284 g/mol. The highest BCUT2D eigenvalue weighted by atomic mass is 16.3. The van der Waals surface area contributed by atoms with E-state index < -0.39 is 0 Å². The van der Waals surface area contributed by atoms with Gasteiger partial charge >= 0.3 is 0 Å². The molecule has 2 aromatic carbocycles. The minimum Gasteiger partial charge on any atom is -0.508 e. The van der Waals surface area contributed by atoms with Gasteiger partial charge in [0, 0.05) is 12.1 Å². The Balaban J connectivity index is 2.21. The average Bonchev–Trinajstić information content (AvgIpc) is 2.93. The molecule has 114 valence electrons. The number of hydrogen-bond acceptors (Lipinski definition) is 2. The van der Waals surface area contributed by atoms with Crippen molar-refractivity contribution in [3.05, 3.63) is 85.5 Å². The fourth-order valence-electron chi connectivity index (χ4n) is 2.62. The minimum atomic E-state index is 0.228. The summed E-state index contributed by atoms with van der Waals surface area (Å²) in [5.41, 5.74) is 3.89. The molecule has 0 spiro atoms. The average molecular weight is 302 g/mol. The van der Waals surface area contributed by atoms with E-state index in [0.29, 0.717) is 6.54 Å². The van der Waals surface area contributed by atoms with E-state index in [9.17, 15) is 5.11 Å². The third kappa shape index (κ3) is 2.94. The Morgan fingerprint density at radius 2 is 1.96 bits per heavy atom. The molecule has 23 heavy (non-hydrogen) atoms. The van der Waals surface area contributed by atoms with Gasteiger partial charge in [-0.15, -0.1) is 0 Å². The number of para-hydroxylation sites is 2. The van der Waals surface area contributed by atoms with E-state index in [-0.39, 0.29) is 5.75 Å². The topological polar surface area (TPSA) is 38.0 Å². The molecule has 0 saturated carbocycles. The molecule has 0 radical (unpaired) electrons. The molecule has 0 bridgehead atoms. The van der Waals surface area contributed by atoms with Crippen LogP contribution in [0.25, 0.3) is 22.4 Å². The molecule has 3 aromatic rings. The van der Waals surface area contributed by atoms with Gasteiger partial charge in [-0.05, 0) is 29.8 Å². The first-order valence-electron chi connectivity index (χ1n) is 7.41. The Kier molecular flexibility index (Phi) is 4.11. The number of benzene rings is 2. The van der Waals surface area contributed by atoms with Gasteiger partial charge in [-0.1, -0.05) is 55.7 Å². The van der Waals surface area contributed by atoms with Crippen molar-refractivity contribution in [2.24, 2.45) is 0 Å². The molecule has 0 aliphatic heterocycles. The highest BCUT2D eigenvalue weighted by Gasteiger charge is 2.13. The predicted octanol–water partition coefficient (Wildman–Crippen LogP) is 4.71. The lowest BCUT2D eigenvalue weighted by molar-refractivity contribution is 0.475. The Morgan fingerprint density at radius 3 is 2.70 bits per heavy atom. The van der Waals surface area contributed by atoms with Crippen molar-refractivity contribution >= 4 is 11.0 Å². The second-order valence-electron chi connectivity index (χ2n) is 5.24. The van der Waals surface area contributed by atoms with Crippen molar-refractivity contribution in [2.75, 3.05) is 0 Å². The molecule has 3 nitrogen and oxygen atoms in total. The number of rotatable bonds is 5. The number of fused-ring (bicyclic) bond motifs is 1. The van der Waals surface area contributed by atoms with Crippen LogP contribution < -0.4 is 0 Å². The maximum Gasteiger partial charge on any atom is 0.141 e. The summed E-state index contributed by atoms with van der Waals surface area (Å²) in [6, 6.07) is 15.2. The Morgan fingerprint density at radius 1 is 1.13 bits per heavy atom. The summed E-state index contributed by atoms with van der Waals surface area (Å²) in [4.78, 5) is 4.74. The molecule has 1 aromatic heterocycles. The standard InChI is InChI=1S/C20H18N2O/c1-3-8-15(4-2)14-22-19-12-6-5-11-18(19)21-20(22)16-9-7-10-17(23)13-16/h3-13,23H,1-2,14H2/b15-8+. The van der Waals surface area contributed by atoms with Gasteiger partial charge in [-0.3, -0.25) is 0 Å². The molecule has 0 fully saturated rings. The minimum absolute atomic E-state index is 0.228. The zero-order valence-corrected chi connectivity index (χ0v) is 12.8. The van der Waals surface area contributed by atoms with Crippen molar-refractivity contribution in [3.8, 4) is 17.1 Å². The van der Waals surface area contributed by atoms with Crippen molar-refractivity contribution < 1.29 is 5.11 Å². The predicted molar refractivity (Wildman–Crippen MR) is 95.3 cm³/mol. The number of imidazole rings is 1. The van der Waals surface area contributed by atoms with Crippen LogP contribution in [0.5, 0.6) is 5.75 Å². The molecule has 0 atom stereocenters. The van der Waals surface area contributed by atoms with Gasteiger partial charge < -0.3 is 9.67 Å². The van der Waals surface area contributed by atoms with Gasteiger partial charge in [-0.2, -0.15) is 0 Å². The maximum absolute atomic E-state index is 9.77. The Labute approximate surface area is 135 Å². The van der Waals surface area contributed by atoms with Crippen LogP contribution >= 0.6 is 0 Å².